The summed E-state index contributed by atoms with van der Waals surface area (Å²) >= 11 is 2.70. The Kier molecular flexibility index (Phi) is 5.01. The normalized spacial score (nSPS) is 16.2. The topological polar surface area (TPSA) is 72.5 Å². The van der Waals surface area contributed by atoms with Gasteiger partial charge in [0.25, 0.3) is 0 Å². The third-order valence-corrected chi connectivity index (χ3v) is 5.76. The minimum atomic E-state index is -0.552. The van der Waals surface area contributed by atoms with Crippen molar-refractivity contribution in [1.29, 1.82) is 0 Å². The van der Waals surface area contributed by atoms with E-state index in [2.05, 4.69) is 5.32 Å². The molecule has 1 N–H and O–H groups in total. The zero-order chi connectivity index (χ0) is 17.1. The number of carbonyl (C=O) groups excluding carboxylic acids is 3. The van der Waals surface area contributed by atoms with E-state index in [1.54, 1.807) is 6.07 Å². The number of Topliss-reactive ketones (excluding diaryl/α,β-unsaturated/α-hetero) is 1. The number of rotatable bonds is 5. The molecule has 0 fully saturated rings. The second kappa shape index (κ2) is 7.19. The number of para-hydroxylation sites is 1. The Morgan fingerprint density at radius 2 is 2.00 bits per heavy atom. The average molecular weight is 361 g/mol. The maximum Gasteiger partial charge on any atom is 0.307 e. The predicted octanol–water partition coefficient (Wildman–Crippen LogP) is 3.29. The first-order valence-electron chi connectivity index (χ1n) is 7.35. The lowest BCUT2D eigenvalue weighted by Crippen LogP contribution is -2.31. The molecular weight excluding hydrogens is 346 g/mol. The number of thioether (sulfide) groups is 1. The van der Waals surface area contributed by atoms with E-state index in [0.717, 1.165) is 15.5 Å². The van der Waals surface area contributed by atoms with Crippen molar-refractivity contribution in [2.24, 2.45) is 0 Å². The van der Waals surface area contributed by atoms with Gasteiger partial charge in [-0.1, -0.05) is 12.1 Å². The molecule has 0 aliphatic carbocycles. The molecule has 24 heavy (non-hydrogen) atoms. The number of ether oxygens (including phenoxy) is 1. The zero-order valence-electron chi connectivity index (χ0n) is 12.9. The second-order valence-electron chi connectivity index (χ2n) is 5.29. The molecule has 0 saturated heterocycles. The van der Waals surface area contributed by atoms with Gasteiger partial charge < -0.3 is 10.1 Å². The number of carbonyl (C=O) groups is 3. The van der Waals surface area contributed by atoms with E-state index in [1.807, 2.05) is 37.3 Å². The van der Waals surface area contributed by atoms with Crippen molar-refractivity contribution in [1.82, 2.24) is 0 Å². The molecular formula is C17H15NO4S2. The number of thiophene rings is 1. The van der Waals surface area contributed by atoms with Crippen molar-refractivity contribution in [3.05, 3.63) is 46.2 Å². The monoisotopic (exact) mass is 361 g/mol. The maximum absolute atomic E-state index is 12.0. The summed E-state index contributed by atoms with van der Waals surface area (Å²) in [5, 5.41) is 2.23. The van der Waals surface area contributed by atoms with Crippen molar-refractivity contribution in [2.75, 3.05) is 11.9 Å². The second-order valence-corrected chi connectivity index (χ2v) is 7.82. The van der Waals surface area contributed by atoms with E-state index >= 15 is 0 Å². The third-order valence-electron chi connectivity index (χ3n) is 3.44. The SMILES string of the molecule is Cc1ccc(C(=O)COC(=O)C[C@H]2Sc3ccccc3NC2=O)s1. The summed E-state index contributed by atoms with van der Waals surface area (Å²) < 4.78 is 5.03. The van der Waals surface area contributed by atoms with Crippen LogP contribution in [0.25, 0.3) is 0 Å². The zero-order valence-corrected chi connectivity index (χ0v) is 14.5. The van der Waals surface area contributed by atoms with Crippen molar-refractivity contribution in [3.8, 4) is 0 Å². The first-order chi connectivity index (χ1) is 11.5. The van der Waals surface area contributed by atoms with Gasteiger partial charge in [-0.05, 0) is 31.2 Å². The van der Waals surface area contributed by atoms with Gasteiger partial charge in [0.1, 0.15) is 0 Å². The summed E-state index contributed by atoms with van der Waals surface area (Å²) in [6.45, 7) is 1.61. The number of ketones is 1. The summed E-state index contributed by atoms with van der Waals surface area (Å²) in [5.41, 5.74) is 0.750. The molecule has 3 rings (SSSR count). The number of esters is 1. The molecule has 1 aromatic heterocycles. The molecule has 1 aliphatic heterocycles. The summed E-state index contributed by atoms with van der Waals surface area (Å²) in [5.74, 6) is -1.01. The van der Waals surface area contributed by atoms with Crippen LogP contribution in [0.15, 0.2) is 41.3 Å². The Balaban J connectivity index is 1.54. The lowest BCUT2D eigenvalue weighted by atomic mass is 10.2. The van der Waals surface area contributed by atoms with E-state index < -0.39 is 11.2 Å². The molecule has 2 heterocycles. The Bertz CT molecular complexity index is 799. The smallest absolute Gasteiger partial charge is 0.307 e. The van der Waals surface area contributed by atoms with Crippen LogP contribution in [0.5, 0.6) is 0 Å². The molecule has 0 radical (unpaired) electrons. The third kappa shape index (κ3) is 3.85. The number of aryl methyl sites for hydroxylation is 1. The fraction of sp³-hybridized carbons (Fsp3) is 0.235. The maximum atomic E-state index is 12.0. The van der Waals surface area contributed by atoms with Crippen LogP contribution in [0.4, 0.5) is 5.69 Å². The van der Waals surface area contributed by atoms with Crippen LogP contribution >= 0.6 is 23.1 Å². The highest BCUT2D eigenvalue weighted by molar-refractivity contribution is 8.01. The summed E-state index contributed by atoms with van der Waals surface area (Å²) in [6.07, 6.45) is -0.0679. The molecule has 1 aromatic carbocycles. The molecule has 0 spiro atoms. The molecule has 0 saturated carbocycles. The number of nitrogens with one attached hydrogen (secondary N) is 1. The van der Waals surface area contributed by atoms with Gasteiger partial charge in [-0.2, -0.15) is 0 Å². The predicted molar refractivity (Wildman–Crippen MR) is 93.7 cm³/mol. The Labute approximate surface area is 147 Å². The van der Waals surface area contributed by atoms with Crippen molar-refractivity contribution in [3.63, 3.8) is 0 Å². The van der Waals surface area contributed by atoms with Crippen molar-refractivity contribution < 1.29 is 19.1 Å². The van der Waals surface area contributed by atoms with Crippen LogP contribution in [-0.4, -0.2) is 29.5 Å². The van der Waals surface area contributed by atoms with Gasteiger partial charge in [0, 0.05) is 9.77 Å². The summed E-state index contributed by atoms with van der Waals surface area (Å²) in [4.78, 5) is 38.4. The first kappa shape index (κ1) is 16.7. The Morgan fingerprint density at radius 1 is 1.21 bits per heavy atom. The fourth-order valence-electron chi connectivity index (χ4n) is 2.24. The lowest BCUT2D eigenvalue weighted by Gasteiger charge is -2.23. The molecule has 7 heteroatoms. The van der Waals surface area contributed by atoms with E-state index in [-0.39, 0.29) is 24.7 Å². The molecule has 0 bridgehead atoms. The number of hydrogen-bond donors (Lipinski definition) is 1. The van der Waals surface area contributed by atoms with Gasteiger partial charge in [-0.25, -0.2) is 0 Å². The van der Waals surface area contributed by atoms with Gasteiger partial charge in [-0.3, -0.25) is 14.4 Å². The van der Waals surface area contributed by atoms with Crippen molar-refractivity contribution >= 4 is 46.4 Å². The largest absolute Gasteiger partial charge is 0.457 e. The van der Waals surface area contributed by atoms with Crippen LogP contribution < -0.4 is 5.32 Å². The number of fused-ring (bicyclic) bond motifs is 1. The molecule has 1 aliphatic rings. The minimum absolute atomic E-state index is 0.0679. The van der Waals surface area contributed by atoms with E-state index in [0.29, 0.717) is 4.88 Å². The Hall–Kier alpha value is -2.12. The number of hydrogen-bond acceptors (Lipinski definition) is 6. The first-order valence-corrected chi connectivity index (χ1v) is 9.04. The van der Waals surface area contributed by atoms with Gasteiger partial charge in [0.05, 0.1) is 22.2 Å². The quantitative estimate of drug-likeness (QED) is 0.653. The van der Waals surface area contributed by atoms with Gasteiger partial charge in [-0.15, -0.1) is 23.1 Å². The van der Waals surface area contributed by atoms with Gasteiger partial charge >= 0.3 is 5.97 Å². The van der Waals surface area contributed by atoms with E-state index in [9.17, 15) is 14.4 Å². The van der Waals surface area contributed by atoms with Crippen LogP contribution in [0.1, 0.15) is 21.0 Å². The molecule has 0 unspecified atom stereocenters. The molecule has 124 valence electrons. The van der Waals surface area contributed by atoms with E-state index in [1.165, 1.54) is 23.1 Å². The highest BCUT2D eigenvalue weighted by Gasteiger charge is 2.29. The summed E-state index contributed by atoms with van der Waals surface area (Å²) in [7, 11) is 0. The van der Waals surface area contributed by atoms with Crippen LogP contribution in [-0.2, 0) is 14.3 Å². The number of amides is 1. The lowest BCUT2D eigenvalue weighted by molar-refractivity contribution is -0.143. The van der Waals surface area contributed by atoms with Crippen LogP contribution in [0, 0.1) is 6.92 Å². The molecule has 1 amide bonds. The highest BCUT2D eigenvalue weighted by Crippen LogP contribution is 2.36. The van der Waals surface area contributed by atoms with Gasteiger partial charge in [0.2, 0.25) is 11.7 Å². The number of anilines is 1. The van der Waals surface area contributed by atoms with Crippen molar-refractivity contribution in [2.45, 2.75) is 23.5 Å². The van der Waals surface area contributed by atoms with Crippen LogP contribution in [0.3, 0.4) is 0 Å². The molecule has 1 atom stereocenters. The van der Waals surface area contributed by atoms with E-state index in [4.69, 9.17) is 4.74 Å². The fourth-order valence-corrected chi connectivity index (χ4v) is 4.13. The molecule has 5 nitrogen and oxygen atoms in total. The standard InChI is InChI=1S/C17H15NO4S2/c1-10-6-7-14(23-10)12(19)9-22-16(20)8-15-17(21)18-11-4-2-3-5-13(11)24-15/h2-7,15H,8-9H2,1H3,(H,18,21)/t15-/m1/s1. The minimum Gasteiger partial charge on any atom is -0.457 e. The molecule has 2 aromatic rings. The number of benzene rings is 1. The van der Waals surface area contributed by atoms with Gasteiger partial charge in [0.15, 0.2) is 6.61 Å². The van der Waals surface area contributed by atoms with Crippen LogP contribution in [0.2, 0.25) is 0 Å². The summed E-state index contributed by atoms with van der Waals surface area (Å²) in [6, 6.07) is 11.0. The average Bonchev–Trinajstić information content (AvgIpc) is 3.00. The highest BCUT2D eigenvalue weighted by atomic mass is 32.2. The Morgan fingerprint density at radius 3 is 2.75 bits per heavy atom.